The van der Waals surface area contributed by atoms with Crippen molar-refractivity contribution in [2.45, 2.75) is 77.5 Å². The number of fused-ring (bicyclic) bond motifs is 2. The summed E-state index contributed by atoms with van der Waals surface area (Å²) in [5, 5.41) is 13.3. The van der Waals surface area contributed by atoms with Crippen LogP contribution >= 0.6 is 0 Å². The number of aryl methyl sites for hydroxylation is 2. The van der Waals surface area contributed by atoms with Crippen molar-refractivity contribution in [2.75, 3.05) is 26.7 Å². The highest BCUT2D eigenvalue weighted by Crippen LogP contribution is 2.45. The van der Waals surface area contributed by atoms with E-state index in [4.69, 9.17) is 14.5 Å². The third-order valence-electron chi connectivity index (χ3n) is 9.75. The van der Waals surface area contributed by atoms with Crippen molar-refractivity contribution in [3.05, 3.63) is 46.0 Å². The first-order valence-corrected chi connectivity index (χ1v) is 15.8. The van der Waals surface area contributed by atoms with Gasteiger partial charge in [-0.2, -0.15) is 0 Å². The molecule has 2 fully saturated rings. The van der Waals surface area contributed by atoms with Crippen LogP contribution in [0.2, 0.25) is 0 Å². The van der Waals surface area contributed by atoms with Crippen LogP contribution in [-0.2, 0) is 27.8 Å². The normalized spacial score (nSPS) is 18.4. The molecule has 3 aliphatic rings. The fourth-order valence-electron chi connectivity index (χ4n) is 7.23. The zero-order chi connectivity index (χ0) is 34.2. The summed E-state index contributed by atoms with van der Waals surface area (Å²) >= 11 is 0. The lowest BCUT2D eigenvalue weighted by atomic mass is 9.86. The van der Waals surface area contributed by atoms with Gasteiger partial charge < -0.3 is 28.9 Å². The van der Waals surface area contributed by atoms with Crippen molar-refractivity contribution in [1.82, 2.24) is 24.7 Å². The lowest BCUT2D eigenvalue weighted by Crippen LogP contribution is -2.56. The first kappa shape index (κ1) is 32.4. The molecule has 4 amide bonds. The number of hydrogen-bond acceptors (Lipinski definition) is 7. The highest BCUT2D eigenvalue weighted by atomic mass is 19.1. The number of nitrogens with zero attached hydrogens (tertiary/aromatic N) is 4. The number of carbonyl (C=O) groups excluding carboxylic acids is 3. The second kappa shape index (κ2) is 11.3. The number of rotatable bonds is 5. The second-order valence-corrected chi connectivity index (χ2v) is 13.7. The number of nitrogens with one attached hydrogen (secondary N) is 1. The van der Waals surface area contributed by atoms with E-state index < -0.39 is 35.1 Å². The Morgan fingerprint density at radius 3 is 2.43 bits per heavy atom. The Morgan fingerprint density at radius 2 is 1.83 bits per heavy atom. The number of likely N-dealkylation sites (N-methyl/N-ethyl adjacent to an activating group) is 1. The Labute approximate surface area is 271 Å². The number of imide groups is 1. The summed E-state index contributed by atoms with van der Waals surface area (Å²) in [6, 6.07) is 2.59. The predicted molar refractivity (Wildman–Crippen MR) is 170 cm³/mol. The molecule has 2 aromatic heterocycles. The first-order chi connectivity index (χ1) is 22.1. The van der Waals surface area contributed by atoms with Gasteiger partial charge in [-0.3, -0.25) is 14.9 Å². The minimum Gasteiger partial charge on any atom is -0.490 e. The molecule has 6 rings (SSSR count). The van der Waals surface area contributed by atoms with E-state index in [1.165, 1.54) is 11.0 Å². The number of likely N-dealkylation sites (tertiary alicyclic amines) is 1. The summed E-state index contributed by atoms with van der Waals surface area (Å²) in [6.45, 7) is 9.73. The lowest BCUT2D eigenvalue weighted by molar-refractivity contribution is -0.160. The Balaban J connectivity index is 1.52. The second-order valence-electron chi connectivity index (χ2n) is 13.7. The molecule has 1 atom stereocenters. The molecule has 1 aromatic carbocycles. The number of amides is 4. The molecule has 47 heavy (non-hydrogen) atoms. The van der Waals surface area contributed by atoms with Crippen molar-refractivity contribution < 1.29 is 38.1 Å². The molecular weight excluding hydrogens is 609 g/mol. The highest BCUT2D eigenvalue weighted by Gasteiger charge is 2.52. The minimum atomic E-state index is -1.44. The van der Waals surface area contributed by atoms with Crippen molar-refractivity contribution >= 4 is 34.8 Å². The molecule has 5 heterocycles. The van der Waals surface area contributed by atoms with E-state index in [1.807, 2.05) is 6.92 Å². The fourth-order valence-corrected chi connectivity index (χ4v) is 7.23. The molecule has 0 aliphatic carbocycles. The molecule has 0 unspecified atom stereocenters. The Bertz CT molecular complexity index is 1850. The van der Waals surface area contributed by atoms with Gasteiger partial charge in [0.2, 0.25) is 0 Å². The van der Waals surface area contributed by atoms with Crippen LogP contribution in [0, 0.1) is 19.7 Å². The van der Waals surface area contributed by atoms with Crippen LogP contribution in [0.15, 0.2) is 12.1 Å². The van der Waals surface area contributed by atoms with Crippen LogP contribution in [0.25, 0.3) is 22.2 Å². The average molecular weight is 650 g/mol. The van der Waals surface area contributed by atoms with Gasteiger partial charge in [0, 0.05) is 55.0 Å². The predicted octanol–water partition coefficient (Wildman–Crippen LogP) is 4.42. The van der Waals surface area contributed by atoms with Gasteiger partial charge >= 0.3 is 12.0 Å². The van der Waals surface area contributed by atoms with Gasteiger partial charge in [-0.1, -0.05) is 0 Å². The maximum absolute atomic E-state index is 15.7. The number of ether oxygens (including phenoxy) is 2. The van der Waals surface area contributed by atoms with Crippen molar-refractivity contribution in [1.29, 1.82) is 0 Å². The third kappa shape index (κ3) is 5.20. The average Bonchev–Trinajstić information content (AvgIpc) is 3.44. The maximum atomic E-state index is 15.7. The molecule has 12 nitrogen and oxygen atoms in total. The Hall–Kier alpha value is -4.52. The van der Waals surface area contributed by atoms with Crippen molar-refractivity contribution in [3.63, 3.8) is 0 Å². The SMILES string of the molecule is Cc1nc2c(cc(C(=O)N3CCC4(CC3)C(=O)NC(=O)N4C)n2C)c(-c2cc(F)c3c(c2C)CCCO3)c1[C@H](OC(C)(C)C)C(=O)O. The van der Waals surface area contributed by atoms with Gasteiger partial charge in [0.15, 0.2) is 17.7 Å². The molecule has 250 valence electrons. The summed E-state index contributed by atoms with van der Waals surface area (Å²) in [4.78, 5) is 59.6. The van der Waals surface area contributed by atoms with E-state index in [0.717, 1.165) is 11.1 Å². The number of piperidine rings is 1. The van der Waals surface area contributed by atoms with Gasteiger partial charge in [0.25, 0.3) is 11.8 Å². The van der Waals surface area contributed by atoms with E-state index >= 15 is 4.39 Å². The molecule has 3 aliphatic heterocycles. The maximum Gasteiger partial charge on any atom is 0.337 e. The van der Waals surface area contributed by atoms with E-state index in [1.54, 1.807) is 57.3 Å². The topological polar surface area (TPSA) is 143 Å². The van der Waals surface area contributed by atoms with Crippen LogP contribution in [0.1, 0.15) is 79.0 Å². The molecule has 0 saturated carbocycles. The summed E-state index contributed by atoms with van der Waals surface area (Å²) in [5.41, 5.74) is 1.92. The Morgan fingerprint density at radius 1 is 1.15 bits per heavy atom. The quantitative estimate of drug-likeness (QED) is 0.387. The zero-order valence-electron chi connectivity index (χ0n) is 27.7. The van der Waals surface area contributed by atoms with Crippen LogP contribution < -0.4 is 10.1 Å². The van der Waals surface area contributed by atoms with Crippen LogP contribution in [-0.4, -0.2) is 86.2 Å². The fraction of sp³-hybridized carbons (Fsp3) is 0.500. The number of aromatic nitrogens is 2. The smallest absolute Gasteiger partial charge is 0.337 e. The number of urea groups is 1. The van der Waals surface area contributed by atoms with E-state index in [0.29, 0.717) is 53.0 Å². The minimum absolute atomic E-state index is 0.205. The van der Waals surface area contributed by atoms with Gasteiger partial charge in [-0.15, -0.1) is 0 Å². The molecular formula is C34H40FN5O7. The zero-order valence-corrected chi connectivity index (χ0v) is 27.7. The number of halogens is 1. The molecule has 2 N–H and O–H groups in total. The number of aliphatic carboxylic acids is 1. The first-order valence-electron chi connectivity index (χ1n) is 15.8. The van der Waals surface area contributed by atoms with Gasteiger partial charge in [-0.05, 0) is 83.6 Å². The molecule has 0 bridgehead atoms. The van der Waals surface area contributed by atoms with Crippen LogP contribution in [0.3, 0.4) is 0 Å². The summed E-state index contributed by atoms with van der Waals surface area (Å²) in [5.74, 6) is -2.23. The summed E-state index contributed by atoms with van der Waals surface area (Å²) < 4.78 is 29.2. The van der Waals surface area contributed by atoms with Crippen molar-refractivity contribution in [3.8, 4) is 16.9 Å². The van der Waals surface area contributed by atoms with Crippen molar-refractivity contribution in [2.24, 2.45) is 7.05 Å². The summed E-state index contributed by atoms with van der Waals surface area (Å²) in [7, 11) is 3.29. The van der Waals surface area contributed by atoms with E-state index in [-0.39, 0.29) is 49.1 Å². The van der Waals surface area contributed by atoms with E-state index in [2.05, 4.69) is 5.32 Å². The molecule has 13 heteroatoms. The third-order valence-corrected chi connectivity index (χ3v) is 9.75. The largest absolute Gasteiger partial charge is 0.490 e. The number of hydrogen-bond donors (Lipinski definition) is 2. The number of carbonyl (C=O) groups is 4. The number of carboxylic acids is 1. The lowest BCUT2D eigenvalue weighted by Gasteiger charge is -2.40. The summed E-state index contributed by atoms with van der Waals surface area (Å²) in [6.07, 6.45) is 0.439. The van der Waals surface area contributed by atoms with E-state index in [9.17, 15) is 24.3 Å². The van der Waals surface area contributed by atoms with Gasteiger partial charge in [-0.25, -0.2) is 19.0 Å². The van der Waals surface area contributed by atoms with Gasteiger partial charge in [0.1, 0.15) is 16.9 Å². The number of pyridine rings is 1. The number of carboxylic acid groups (broad SMARTS) is 1. The standard InChI is InChI=1S/C34H40FN5O7/c1-17-19-9-8-14-46-26(19)22(35)15-20(17)25-21-16-23(29(41)40-12-10-34(11-13-40)31(44)37-32(45)39(34)7)38(6)28(21)36-18(2)24(25)27(30(42)43)47-33(3,4)5/h15-16,27H,8-14H2,1-7H3,(H,42,43)(H,37,44,45)/t27-/m0/s1. The molecule has 3 aromatic rings. The van der Waals surface area contributed by atoms with Crippen LogP contribution in [0.4, 0.5) is 9.18 Å². The molecule has 1 spiro atoms. The van der Waals surface area contributed by atoms with Crippen LogP contribution in [0.5, 0.6) is 5.75 Å². The molecule has 0 radical (unpaired) electrons. The monoisotopic (exact) mass is 649 g/mol. The number of benzene rings is 1. The van der Waals surface area contributed by atoms with Gasteiger partial charge in [0.05, 0.1) is 12.2 Å². The molecule has 2 saturated heterocycles. The highest BCUT2D eigenvalue weighted by molar-refractivity contribution is 6.08. The Kier molecular flexibility index (Phi) is 7.81.